The van der Waals surface area contributed by atoms with E-state index in [0.29, 0.717) is 0 Å². The smallest absolute Gasteiger partial charge is 0.327 e. The van der Waals surface area contributed by atoms with Gasteiger partial charge in [0.2, 0.25) is 0 Å². The van der Waals surface area contributed by atoms with Gasteiger partial charge in [-0.05, 0) is 0 Å². The van der Waals surface area contributed by atoms with Crippen molar-refractivity contribution in [2.45, 2.75) is 0 Å². The molecular weight excluding hydrogens is 436 g/mol. The Hall–Kier alpha value is -2.65. The summed E-state index contributed by atoms with van der Waals surface area (Å²) in [5.74, 6) is -2.94. The molecule has 0 aliphatic carbocycles. The fourth-order valence-corrected chi connectivity index (χ4v) is 1.06. The Morgan fingerprint density at radius 1 is 0.562 bits per heavy atom. The van der Waals surface area contributed by atoms with E-state index in [4.69, 9.17) is 50.7 Å². The fourth-order valence-electron chi connectivity index (χ4n) is 1.06. The van der Waals surface area contributed by atoms with E-state index in [-0.39, 0.29) is 13.2 Å². The molecule has 0 bridgehead atoms. The van der Waals surface area contributed by atoms with Crippen molar-refractivity contribution in [3.63, 3.8) is 0 Å². The molecule has 13 heteroatoms. The first kappa shape index (κ1) is 36.7. The third-order valence-corrected chi connectivity index (χ3v) is 3.35. The van der Waals surface area contributed by atoms with Crippen LogP contribution in [-0.2, 0) is 19.1 Å². The van der Waals surface area contributed by atoms with Crippen molar-refractivity contribution in [1.29, 1.82) is 0 Å². The van der Waals surface area contributed by atoms with Crippen LogP contribution in [-0.4, -0.2) is 117 Å². The second kappa shape index (κ2) is 23.0. The van der Waals surface area contributed by atoms with Crippen molar-refractivity contribution in [3.05, 3.63) is 38.0 Å². The van der Waals surface area contributed by atoms with Crippen LogP contribution < -0.4 is 0 Å². The highest BCUT2D eigenvalue weighted by atomic mass is 16.5. The quantitative estimate of drug-likeness (QED) is 0.129. The Kier molecular flexibility index (Phi) is 26.4. The van der Waals surface area contributed by atoms with Gasteiger partial charge in [-0.25, -0.2) is 14.4 Å². The molecule has 0 fully saturated rings. The van der Waals surface area contributed by atoms with E-state index in [1.165, 1.54) is 0 Å². The molecule has 0 unspecified atom stereocenters. The summed E-state index contributed by atoms with van der Waals surface area (Å²) in [6.07, 6.45) is 2.50. The van der Waals surface area contributed by atoms with Crippen LogP contribution in [0, 0.1) is 10.8 Å². The number of carbonyl (C=O) groups is 3. The van der Waals surface area contributed by atoms with Gasteiger partial charge in [0.25, 0.3) is 0 Å². The van der Waals surface area contributed by atoms with Crippen LogP contribution in [0.15, 0.2) is 38.0 Å². The molecule has 9 N–H and O–H groups in total. The minimum Gasteiger partial charge on any atom is -0.478 e. The summed E-state index contributed by atoms with van der Waals surface area (Å²) in [4.78, 5) is 27.8. The van der Waals surface area contributed by atoms with Crippen LogP contribution in [0.25, 0.3) is 0 Å². The molecule has 0 aromatic rings. The van der Waals surface area contributed by atoms with Gasteiger partial charge in [0.1, 0.15) is 0 Å². The largest absolute Gasteiger partial charge is 0.478 e. The second-order valence-corrected chi connectivity index (χ2v) is 6.07. The summed E-state index contributed by atoms with van der Waals surface area (Å²) in [5.41, 5.74) is -2.32. The van der Waals surface area contributed by atoms with Gasteiger partial charge in [0.15, 0.2) is 0 Å². The van der Waals surface area contributed by atoms with Crippen LogP contribution >= 0.6 is 0 Å². The normalized spacial score (nSPS) is 9.94. The van der Waals surface area contributed by atoms with Crippen molar-refractivity contribution >= 4 is 17.9 Å². The zero-order valence-electron chi connectivity index (χ0n) is 17.7. The highest BCUT2D eigenvalue weighted by molar-refractivity contribution is 5.79. The molecule has 0 spiro atoms. The number of hydrogen-bond donors (Lipinski definition) is 9. The molecule has 0 rings (SSSR count). The number of aliphatic carboxylic acids is 3. The zero-order chi connectivity index (χ0) is 26.2. The van der Waals surface area contributed by atoms with Gasteiger partial charge in [0, 0.05) is 18.2 Å². The third-order valence-electron chi connectivity index (χ3n) is 3.35. The maximum Gasteiger partial charge on any atom is 0.327 e. The van der Waals surface area contributed by atoms with Crippen molar-refractivity contribution in [3.8, 4) is 0 Å². The maximum atomic E-state index is 9.25. The van der Waals surface area contributed by atoms with Crippen LogP contribution in [0.2, 0.25) is 0 Å². The van der Waals surface area contributed by atoms with Crippen LogP contribution in [0.5, 0.6) is 0 Å². The Labute approximate surface area is 185 Å². The average molecular weight is 470 g/mol. The molecular formula is C19H34O13. The van der Waals surface area contributed by atoms with Gasteiger partial charge in [-0.15, -0.1) is 0 Å². The van der Waals surface area contributed by atoms with Gasteiger partial charge < -0.3 is 50.7 Å². The number of aliphatic hydroxyl groups is 6. The summed E-state index contributed by atoms with van der Waals surface area (Å²) in [5, 5.41) is 77.0. The molecule has 0 aromatic carbocycles. The molecule has 0 saturated carbocycles. The number of carboxylic acids is 3. The molecule has 13 nitrogen and oxygen atoms in total. The van der Waals surface area contributed by atoms with Crippen LogP contribution in [0.1, 0.15) is 0 Å². The van der Waals surface area contributed by atoms with Crippen LogP contribution in [0.3, 0.4) is 0 Å². The molecule has 0 radical (unpaired) electrons. The van der Waals surface area contributed by atoms with Gasteiger partial charge in [-0.1, -0.05) is 19.7 Å². The lowest BCUT2D eigenvalue weighted by atomic mass is 9.91. The number of carboxylic acid groups (broad SMARTS) is 3. The zero-order valence-corrected chi connectivity index (χ0v) is 17.7. The predicted molar refractivity (Wildman–Crippen MR) is 112 cm³/mol. The van der Waals surface area contributed by atoms with E-state index in [2.05, 4.69) is 19.7 Å². The van der Waals surface area contributed by atoms with E-state index in [1.807, 2.05) is 0 Å². The summed E-state index contributed by atoms with van der Waals surface area (Å²) < 4.78 is 5.15. The lowest BCUT2D eigenvalue weighted by Gasteiger charge is -2.31. The number of ether oxygens (including phenoxy) is 1. The van der Waals surface area contributed by atoms with Crippen LogP contribution in [0.4, 0.5) is 0 Å². The Balaban J connectivity index is -0.000000212. The van der Waals surface area contributed by atoms with E-state index < -0.39 is 68.4 Å². The summed E-state index contributed by atoms with van der Waals surface area (Å²) in [6, 6.07) is 0. The third kappa shape index (κ3) is 22.0. The molecule has 0 heterocycles. The summed E-state index contributed by atoms with van der Waals surface area (Å²) >= 11 is 0. The molecule has 0 aliphatic heterocycles. The maximum absolute atomic E-state index is 9.25. The average Bonchev–Trinajstić information content (AvgIpc) is 2.81. The van der Waals surface area contributed by atoms with Gasteiger partial charge in [0.05, 0.1) is 63.7 Å². The highest BCUT2D eigenvalue weighted by Gasteiger charge is 2.32. The molecule has 0 aromatic heterocycles. The highest BCUT2D eigenvalue weighted by Crippen LogP contribution is 2.19. The number of aliphatic hydroxyl groups excluding tert-OH is 6. The minimum absolute atomic E-state index is 0.141. The first-order valence-electron chi connectivity index (χ1n) is 8.68. The molecule has 0 aliphatic rings. The molecule has 32 heavy (non-hydrogen) atoms. The standard InChI is InChI=1S/C10H22O7.3C3H4O2/c11-1-9(2-12,3-13)7-17-8-10(4-14,5-15)6-16;3*1-2-3(4)5/h11-16H,1-8H2;3*2H,1H2,(H,4,5). The topological polar surface area (TPSA) is 243 Å². The Bertz CT molecular complexity index is 458. The molecule has 188 valence electrons. The number of hydrogen-bond acceptors (Lipinski definition) is 10. The predicted octanol–water partition coefficient (Wildman–Crippen LogP) is -2.30. The van der Waals surface area contributed by atoms with Gasteiger partial charge >= 0.3 is 17.9 Å². The minimum atomic E-state index is -1.16. The fraction of sp³-hybridized carbons (Fsp3) is 0.526. The van der Waals surface area contributed by atoms with Gasteiger partial charge in [-0.3, -0.25) is 0 Å². The van der Waals surface area contributed by atoms with Crippen molar-refractivity contribution in [1.82, 2.24) is 0 Å². The van der Waals surface area contributed by atoms with Crippen molar-refractivity contribution < 1.29 is 65.1 Å². The Morgan fingerprint density at radius 3 is 0.812 bits per heavy atom. The summed E-state index contributed by atoms with van der Waals surface area (Å²) in [6.45, 7) is 5.88. The lowest BCUT2D eigenvalue weighted by Crippen LogP contribution is -2.43. The Morgan fingerprint density at radius 2 is 0.719 bits per heavy atom. The monoisotopic (exact) mass is 470 g/mol. The molecule has 0 atom stereocenters. The number of rotatable bonds is 13. The first-order valence-corrected chi connectivity index (χ1v) is 8.68. The van der Waals surface area contributed by atoms with E-state index in [9.17, 15) is 14.4 Å². The molecule has 0 amide bonds. The SMILES string of the molecule is C=CC(=O)O.C=CC(=O)O.C=CC(=O)O.OCC(CO)(CO)COCC(CO)(CO)CO. The molecule has 0 saturated heterocycles. The van der Waals surface area contributed by atoms with E-state index >= 15 is 0 Å². The van der Waals surface area contributed by atoms with Crippen molar-refractivity contribution in [2.75, 3.05) is 52.9 Å². The first-order chi connectivity index (χ1) is 14.9. The van der Waals surface area contributed by atoms with E-state index in [0.717, 1.165) is 18.2 Å². The summed E-state index contributed by atoms with van der Waals surface area (Å²) in [7, 11) is 0. The van der Waals surface area contributed by atoms with Gasteiger partial charge in [-0.2, -0.15) is 0 Å². The second-order valence-electron chi connectivity index (χ2n) is 6.07. The van der Waals surface area contributed by atoms with Crippen molar-refractivity contribution in [2.24, 2.45) is 10.8 Å². The lowest BCUT2D eigenvalue weighted by molar-refractivity contribution is -0.132. The van der Waals surface area contributed by atoms with E-state index in [1.54, 1.807) is 0 Å².